The molecule has 3 N–H and O–H groups in total. The van der Waals surface area contributed by atoms with E-state index in [0.717, 1.165) is 5.56 Å². The number of nitrogens with one attached hydrogen (secondary N) is 1. The largest absolute Gasteiger partial charge is 0.481 e. The van der Waals surface area contributed by atoms with Crippen LogP contribution in [0.25, 0.3) is 0 Å². The van der Waals surface area contributed by atoms with E-state index in [-0.39, 0.29) is 6.42 Å². The zero-order valence-electron chi connectivity index (χ0n) is 11.2. The predicted molar refractivity (Wildman–Crippen MR) is 76.2 cm³/mol. The standard InChI is InChI=1S/C14H16ClNO5/c15-10-6-4-9(5-7-10)2-1-3-12(17)16-11(14(20)21)8-13(18)19/h4-7,11H,1-3,8H2,(H,16,17)(H,18,19)(H,20,21). The van der Waals surface area contributed by atoms with Gasteiger partial charge in [0.15, 0.2) is 0 Å². The summed E-state index contributed by atoms with van der Waals surface area (Å²) in [5, 5.41) is 20.2. The van der Waals surface area contributed by atoms with Crippen molar-refractivity contribution in [1.82, 2.24) is 5.32 Å². The van der Waals surface area contributed by atoms with Gasteiger partial charge in [0.1, 0.15) is 6.04 Å². The summed E-state index contributed by atoms with van der Waals surface area (Å²) in [6.45, 7) is 0. The van der Waals surface area contributed by atoms with Crippen LogP contribution in [0.1, 0.15) is 24.8 Å². The van der Waals surface area contributed by atoms with Gasteiger partial charge in [-0.05, 0) is 30.5 Å². The summed E-state index contributed by atoms with van der Waals surface area (Å²) < 4.78 is 0. The van der Waals surface area contributed by atoms with Crippen molar-refractivity contribution in [2.45, 2.75) is 31.7 Å². The summed E-state index contributed by atoms with van der Waals surface area (Å²) in [5.41, 5.74) is 1.02. The molecule has 0 aliphatic carbocycles. The van der Waals surface area contributed by atoms with Gasteiger partial charge < -0.3 is 15.5 Å². The maximum atomic E-state index is 11.6. The molecule has 7 heteroatoms. The molecule has 114 valence electrons. The molecule has 0 bridgehead atoms. The summed E-state index contributed by atoms with van der Waals surface area (Å²) >= 11 is 5.76. The molecule has 0 aliphatic heterocycles. The van der Waals surface area contributed by atoms with E-state index >= 15 is 0 Å². The van der Waals surface area contributed by atoms with Crippen molar-refractivity contribution < 1.29 is 24.6 Å². The van der Waals surface area contributed by atoms with E-state index in [4.69, 9.17) is 21.8 Å². The number of halogens is 1. The van der Waals surface area contributed by atoms with Gasteiger partial charge in [-0.1, -0.05) is 23.7 Å². The molecule has 0 fully saturated rings. The molecule has 1 amide bonds. The molecule has 0 spiro atoms. The van der Waals surface area contributed by atoms with Crippen molar-refractivity contribution >= 4 is 29.4 Å². The van der Waals surface area contributed by atoms with Gasteiger partial charge in [-0.25, -0.2) is 4.79 Å². The van der Waals surface area contributed by atoms with Crippen molar-refractivity contribution in [2.75, 3.05) is 0 Å². The highest BCUT2D eigenvalue weighted by atomic mass is 35.5. The van der Waals surface area contributed by atoms with Crippen LogP contribution < -0.4 is 5.32 Å². The first kappa shape index (κ1) is 17.0. The number of carboxylic acid groups (broad SMARTS) is 2. The Morgan fingerprint density at radius 3 is 2.29 bits per heavy atom. The van der Waals surface area contributed by atoms with Crippen molar-refractivity contribution in [3.63, 3.8) is 0 Å². The predicted octanol–water partition coefficient (Wildman–Crippen LogP) is 1.71. The van der Waals surface area contributed by atoms with E-state index in [1.165, 1.54) is 0 Å². The quantitative estimate of drug-likeness (QED) is 0.678. The molecule has 0 aromatic heterocycles. The maximum Gasteiger partial charge on any atom is 0.326 e. The number of carbonyl (C=O) groups is 3. The Labute approximate surface area is 126 Å². The summed E-state index contributed by atoms with van der Waals surface area (Å²) in [5.74, 6) is -3.11. The second kappa shape index (κ2) is 8.26. The number of hydrogen-bond donors (Lipinski definition) is 3. The molecule has 0 heterocycles. The maximum absolute atomic E-state index is 11.6. The summed E-state index contributed by atoms with van der Waals surface area (Å²) in [4.78, 5) is 32.9. The fraction of sp³-hybridized carbons (Fsp3) is 0.357. The minimum Gasteiger partial charge on any atom is -0.481 e. The van der Waals surface area contributed by atoms with Crippen LogP contribution in [0.2, 0.25) is 5.02 Å². The SMILES string of the molecule is O=C(O)CC(NC(=O)CCCc1ccc(Cl)cc1)C(=O)O. The first-order valence-corrected chi connectivity index (χ1v) is 6.74. The zero-order valence-corrected chi connectivity index (χ0v) is 12.0. The number of carboxylic acids is 2. The molecular formula is C14H16ClNO5. The topological polar surface area (TPSA) is 104 Å². The van der Waals surface area contributed by atoms with E-state index in [0.29, 0.717) is 17.9 Å². The highest BCUT2D eigenvalue weighted by Crippen LogP contribution is 2.11. The molecule has 0 radical (unpaired) electrons. The lowest BCUT2D eigenvalue weighted by Crippen LogP contribution is -2.42. The lowest BCUT2D eigenvalue weighted by atomic mass is 10.1. The molecule has 1 aromatic rings. The van der Waals surface area contributed by atoms with Crippen LogP contribution >= 0.6 is 11.6 Å². The van der Waals surface area contributed by atoms with Crippen molar-refractivity contribution in [2.24, 2.45) is 0 Å². The smallest absolute Gasteiger partial charge is 0.326 e. The minimum absolute atomic E-state index is 0.131. The summed E-state index contributed by atoms with van der Waals surface area (Å²) in [6, 6.07) is 5.81. The molecule has 21 heavy (non-hydrogen) atoms. The molecule has 0 saturated heterocycles. The average molecular weight is 314 g/mol. The molecule has 0 aliphatic rings. The highest BCUT2D eigenvalue weighted by Gasteiger charge is 2.22. The molecule has 1 rings (SSSR count). The third-order valence-corrected chi connectivity index (χ3v) is 3.05. The zero-order chi connectivity index (χ0) is 15.8. The van der Waals surface area contributed by atoms with E-state index in [1.807, 2.05) is 12.1 Å². The second-order valence-corrected chi connectivity index (χ2v) is 4.97. The monoisotopic (exact) mass is 313 g/mol. The first-order valence-electron chi connectivity index (χ1n) is 6.37. The lowest BCUT2D eigenvalue weighted by Gasteiger charge is -2.12. The van der Waals surface area contributed by atoms with Gasteiger partial charge in [0, 0.05) is 11.4 Å². The fourth-order valence-corrected chi connectivity index (χ4v) is 1.87. The van der Waals surface area contributed by atoms with Crippen LogP contribution in [-0.4, -0.2) is 34.1 Å². The van der Waals surface area contributed by atoms with E-state index in [2.05, 4.69) is 5.32 Å². The van der Waals surface area contributed by atoms with Gasteiger partial charge in [0.05, 0.1) is 6.42 Å². The first-order chi connectivity index (χ1) is 9.88. The van der Waals surface area contributed by atoms with Crippen LogP contribution in [0.15, 0.2) is 24.3 Å². The normalized spacial score (nSPS) is 11.7. The van der Waals surface area contributed by atoms with Gasteiger partial charge in [0.25, 0.3) is 0 Å². The fourth-order valence-electron chi connectivity index (χ4n) is 1.75. The third-order valence-electron chi connectivity index (χ3n) is 2.79. The Hall–Kier alpha value is -2.08. The van der Waals surface area contributed by atoms with E-state index in [1.54, 1.807) is 12.1 Å². The van der Waals surface area contributed by atoms with Gasteiger partial charge in [-0.2, -0.15) is 0 Å². The third kappa shape index (κ3) is 6.76. The number of benzene rings is 1. The Morgan fingerprint density at radius 1 is 1.14 bits per heavy atom. The van der Waals surface area contributed by atoms with Crippen LogP contribution in [-0.2, 0) is 20.8 Å². The summed E-state index contributed by atoms with van der Waals surface area (Å²) in [6.07, 6.45) is 0.679. The molecule has 1 unspecified atom stereocenters. The number of aryl methyl sites for hydroxylation is 1. The van der Waals surface area contributed by atoms with Gasteiger partial charge in [0.2, 0.25) is 5.91 Å². The number of carbonyl (C=O) groups excluding carboxylic acids is 1. The van der Waals surface area contributed by atoms with E-state index < -0.39 is 30.3 Å². The molecule has 1 atom stereocenters. The van der Waals surface area contributed by atoms with E-state index in [9.17, 15) is 14.4 Å². The van der Waals surface area contributed by atoms with Crippen molar-refractivity contribution in [3.8, 4) is 0 Å². The summed E-state index contributed by atoms with van der Waals surface area (Å²) in [7, 11) is 0. The van der Waals surface area contributed by atoms with Crippen LogP contribution in [0.3, 0.4) is 0 Å². The van der Waals surface area contributed by atoms with Gasteiger partial charge in [-0.3, -0.25) is 9.59 Å². The van der Waals surface area contributed by atoms with Crippen LogP contribution in [0.5, 0.6) is 0 Å². The molecular weight excluding hydrogens is 298 g/mol. The van der Waals surface area contributed by atoms with Gasteiger partial charge in [-0.15, -0.1) is 0 Å². The Kier molecular flexibility index (Phi) is 6.68. The Balaban J connectivity index is 2.37. The Morgan fingerprint density at radius 2 is 1.76 bits per heavy atom. The van der Waals surface area contributed by atoms with Gasteiger partial charge >= 0.3 is 11.9 Å². The molecule has 0 saturated carbocycles. The average Bonchev–Trinajstić information content (AvgIpc) is 2.39. The van der Waals surface area contributed by atoms with Crippen LogP contribution in [0, 0.1) is 0 Å². The number of amides is 1. The molecule has 1 aromatic carbocycles. The van der Waals surface area contributed by atoms with Crippen molar-refractivity contribution in [1.29, 1.82) is 0 Å². The van der Waals surface area contributed by atoms with Crippen LogP contribution in [0.4, 0.5) is 0 Å². The number of hydrogen-bond acceptors (Lipinski definition) is 3. The molecule has 6 nitrogen and oxygen atoms in total. The minimum atomic E-state index is -1.40. The lowest BCUT2D eigenvalue weighted by molar-refractivity contribution is -0.147. The second-order valence-electron chi connectivity index (χ2n) is 4.54. The van der Waals surface area contributed by atoms with Crippen molar-refractivity contribution in [3.05, 3.63) is 34.9 Å². The number of rotatable bonds is 8. The Bertz CT molecular complexity index is 515. The number of aliphatic carboxylic acids is 2. The highest BCUT2D eigenvalue weighted by molar-refractivity contribution is 6.30.